The number of ketones is 1. The molecular formula is C29H45NO2S2. The van der Waals surface area contributed by atoms with Gasteiger partial charge in [-0.2, -0.15) is 0 Å². The van der Waals surface area contributed by atoms with Crippen LogP contribution in [-0.4, -0.2) is 22.1 Å². The lowest BCUT2D eigenvalue weighted by atomic mass is 9.92. The highest BCUT2D eigenvalue weighted by Gasteiger charge is 2.27. The summed E-state index contributed by atoms with van der Waals surface area (Å²) in [5, 5.41) is 11.2. The van der Waals surface area contributed by atoms with E-state index in [1.54, 1.807) is 31.8 Å². The van der Waals surface area contributed by atoms with Gasteiger partial charge >= 0.3 is 0 Å². The molecule has 1 aromatic carbocycles. The molecule has 1 N–H and O–H groups in total. The molecule has 0 aliphatic heterocycles. The summed E-state index contributed by atoms with van der Waals surface area (Å²) in [5.41, 5.74) is -0.179. The molecule has 2 rings (SSSR count). The van der Waals surface area contributed by atoms with E-state index in [9.17, 15) is 9.90 Å². The van der Waals surface area contributed by atoms with Gasteiger partial charge in [0.1, 0.15) is 5.01 Å². The first-order chi connectivity index (χ1) is 16.4. The number of Topliss-reactive ketones (excluding diaryl/α,β-unsaturated/α-hetero) is 1. The van der Waals surface area contributed by atoms with Gasteiger partial charge in [-0.05, 0) is 38.7 Å². The summed E-state index contributed by atoms with van der Waals surface area (Å²) in [4.78, 5) is 20.0. The molecule has 0 saturated carbocycles. The number of rotatable bonds is 18. The van der Waals surface area contributed by atoms with Crippen LogP contribution in [0.5, 0.6) is 0 Å². The summed E-state index contributed by atoms with van der Waals surface area (Å²) in [5.74, 6) is -0.0864. The molecule has 34 heavy (non-hydrogen) atoms. The van der Waals surface area contributed by atoms with E-state index in [4.69, 9.17) is 0 Å². The quantitative estimate of drug-likeness (QED) is 0.125. The van der Waals surface area contributed by atoms with E-state index in [1.165, 1.54) is 75.5 Å². The standard InChI is InChI=1S/C29H45NO2S2/c1-5-6-7-8-9-10-11-12-13-14-15-16-17-25(28-30-22-26(34-28)29(2,3)32)27(31)23-18-20-24(33-4)21-19-23/h18-22,25,32H,5-17H2,1-4H3. The van der Waals surface area contributed by atoms with Crippen LogP contribution in [0.25, 0.3) is 0 Å². The van der Waals surface area contributed by atoms with Crippen LogP contribution in [0, 0.1) is 0 Å². The Balaban J connectivity index is 1.85. The zero-order chi connectivity index (χ0) is 24.8. The second-order valence-electron chi connectivity index (χ2n) is 9.94. The predicted octanol–water partition coefficient (Wildman–Crippen LogP) is 9.15. The topological polar surface area (TPSA) is 50.2 Å². The first-order valence-corrected chi connectivity index (χ1v) is 15.3. The Morgan fingerprint density at radius 2 is 1.47 bits per heavy atom. The van der Waals surface area contributed by atoms with Gasteiger partial charge in [-0.15, -0.1) is 23.1 Å². The molecule has 1 heterocycles. The molecule has 1 unspecified atom stereocenters. The van der Waals surface area contributed by atoms with Crippen molar-refractivity contribution in [3.8, 4) is 0 Å². The SMILES string of the molecule is CCCCCCCCCCCCCCC(C(=O)c1ccc(SC)cc1)c1ncc(C(C)(C)O)s1. The number of carbonyl (C=O) groups is 1. The van der Waals surface area contributed by atoms with E-state index >= 15 is 0 Å². The number of unbranched alkanes of at least 4 members (excludes halogenated alkanes) is 11. The van der Waals surface area contributed by atoms with Crippen molar-refractivity contribution in [3.05, 3.63) is 45.9 Å². The largest absolute Gasteiger partial charge is 0.385 e. The number of aromatic nitrogens is 1. The van der Waals surface area contributed by atoms with Gasteiger partial charge in [0.05, 0.1) is 16.4 Å². The summed E-state index contributed by atoms with van der Waals surface area (Å²) in [6.07, 6.45) is 20.3. The van der Waals surface area contributed by atoms with Crippen LogP contribution < -0.4 is 0 Å². The minimum atomic E-state index is -0.931. The number of carbonyl (C=O) groups excluding carboxylic acids is 1. The lowest BCUT2D eigenvalue weighted by Crippen LogP contribution is -2.14. The maximum Gasteiger partial charge on any atom is 0.172 e. The van der Waals surface area contributed by atoms with Crippen molar-refractivity contribution in [2.75, 3.05) is 6.26 Å². The molecule has 0 fully saturated rings. The van der Waals surface area contributed by atoms with Gasteiger partial charge in [-0.3, -0.25) is 4.79 Å². The lowest BCUT2D eigenvalue weighted by Gasteiger charge is -2.15. The van der Waals surface area contributed by atoms with Crippen molar-refractivity contribution in [3.63, 3.8) is 0 Å². The molecule has 0 spiro atoms. The predicted molar refractivity (Wildman–Crippen MR) is 148 cm³/mol. The number of benzene rings is 1. The van der Waals surface area contributed by atoms with Gasteiger partial charge < -0.3 is 5.11 Å². The first-order valence-electron chi connectivity index (χ1n) is 13.2. The molecule has 190 valence electrons. The fraction of sp³-hybridized carbons (Fsp3) is 0.655. The van der Waals surface area contributed by atoms with Crippen molar-refractivity contribution in [1.29, 1.82) is 0 Å². The summed E-state index contributed by atoms with van der Waals surface area (Å²) in [6.45, 7) is 5.81. The Morgan fingerprint density at radius 3 is 1.94 bits per heavy atom. The summed E-state index contributed by atoms with van der Waals surface area (Å²) < 4.78 is 0. The smallest absolute Gasteiger partial charge is 0.172 e. The maximum absolute atomic E-state index is 13.4. The minimum Gasteiger partial charge on any atom is -0.385 e. The van der Waals surface area contributed by atoms with Crippen molar-refractivity contribution in [1.82, 2.24) is 4.98 Å². The van der Waals surface area contributed by atoms with E-state index in [0.717, 1.165) is 39.6 Å². The third kappa shape index (κ3) is 10.2. The van der Waals surface area contributed by atoms with E-state index < -0.39 is 5.60 Å². The fourth-order valence-corrected chi connectivity index (χ4v) is 5.71. The van der Waals surface area contributed by atoms with E-state index in [1.807, 2.05) is 30.5 Å². The van der Waals surface area contributed by atoms with Crippen LogP contribution in [-0.2, 0) is 5.60 Å². The number of thioether (sulfide) groups is 1. The van der Waals surface area contributed by atoms with Crippen molar-refractivity contribution in [2.24, 2.45) is 0 Å². The van der Waals surface area contributed by atoms with Crippen LogP contribution >= 0.6 is 23.1 Å². The van der Waals surface area contributed by atoms with Crippen LogP contribution in [0.3, 0.4) is 0 Å². The number of aliphatic hydroxyl groups is 1. The lowest BCUT2D eigenvalue weighted by molar-refractivity contribution is 0.0823. The monoisotopic (exact) mass is 503 g/mol. The molecule has 0 amide bonds. The molecule has 1 atom stereocenters. The zero-order valence-corrected chi connectivity index (χ0v) is 23.4. The molecule has 0 radical (unpaired) electrons. The van der Waals surface area contributed by atoms with Crippen molar-refractivity contribution in [2.45, 2.75) is 121 Å². The number of nitrogens with zero attached hydrogens (tertiary/aromatic N) is 1. The van der Waals surface area contributed by atoms with Crippen LogP contribution in [0.2, 0.25) is 0 Å². The molecule has 5 heteroatoms. The third-order valence-electron chi connectivity index (χ3n) is 6.46. The van der Waals surface area contributed by atoms with E-state index in [2.05, 4.69) is 11.9 Å². The molecule has 2 aromatic rings. The Kier molecular flexibility index (Phi) is 13.5. The highest BCUT2D eigenvalue weighted by atomic mass is 32.2. The number of hydrogen-bond acceptors (Lipinski definition) is 5. The Labute approximate surface area is 216 Å². The van der Waals surface area contributed by atoms with Crippen LogP contribution in [0.4, 0.5) is 0 Å². The summed E-state index contributed by atoms with van der Waals surface area (Å²) >= 11 is 3.16. The molecular weight excluding hydrogens is 458 g/mol. The van der Waals surface area contributed by atoms with Gasteiger partial charge in [0.15, 0.2) is 5.78 Å². The average molecular weight is 504 g/mol. The average Bonchev–Trinajstić information content (AvgIpc) is 3.32. The third-order valence-corrected chi connectivity index (χ3v) is 8.63. The Morgan fingerprint density at radius 1 is 0.941 bits per heavy atom. The van der Waals surface area contributed by atoms with Crippen LogP contribution in [0.1, 0.15) is 130 Å². The minimum absolute atomic E-state index is 0.146. The molecule has 0 saturated heterocycles. The molecule has 1 aromatic heterocycles. The number of hydrogen-bond donors (Lipinski definition) is 1. The van der Waals surface area contributed by atoms with Gasteiger partial charge in [0.25, 0.3) is 0 Å². The van der Waals surface area contributed by atoms with Crippen molar-refractivity contribution < 1.29 is 9.90 Å². The highest BCUT2D eigenvalue weighted by molar-refractivity contribution is 7.98. The fourth-order valence-electron chi connectivity index (χ4n) is 4.24. The van der Waals surface area contributed by atoms with Crippen LogP contribution in [0.15, 0.2) is 35.4 Å². The summed E-state index contributed by atoms with van der Waals surface area (Å²) in [6, 6.07) is 7.91. The van der Waals surface area contributed by atoms with Gasteiger partial charge in [0, 0.05) is 16.7 Å². The Hall–Kier alpha value is -1.17. The van der Waals surface area contributed by atoms with Crippen molar-refractivity contribution >= 4 is 28.9 Å². The second kappa shape index (κ2) is 15.7. The highest BCUT2D eigenvalue weighted by Crippen LogP contribution is 2.34. The second-order valence-corrected chi connectivity index (χ2v) is 11.9. The zero-order valence-electron chi connectivity index (χ0n) is 21.8. The molecule has 0 bridgehead atoms. The van der Waals surface area contributed by atoms with Gasteiger partial charge in [-0.1, -0.05) is 96.1 Å². The normalized spacial score (nSPS) is 12.7. The van der Waals surface area contributed by atoms with E-state index in [-0.39, 0.29) is 11.7 Å². The number of thiazole rings is 1. The maximum atomic E-state index is 13.4. The molecule has 0 aliphatic rings. The Bertz CT molecular complexity index is 823. The summed E-state index contributed by atoms with van der Waals surface area (Å²) in [7, 11) is 0. The first kappa shape index (κ1) is 29.1. The molecule has 3 nitrogen and oxygen atoms in total. The van der Waals surface area contributed by atoms with Gasteiger partial charge in [0.2, 0.25) is 0 Å². The van der Waals surface area contributed by atoms with Gasteiger partial charge in [-0.25, -0.2) is 4.98 Å². The molecule has 0 aliphatic carbocycles. The van der Waals surface area contributed by atoms with E-state index in [0.29, 0.717) is 0 Å².